The van der Waals surface area contributed by atoms with Crippen LogP contribution in [0.25, 0.3) is 0 Å². The average molecular weight is 433 g/mol. The maximum atomic E-state index is 13.3. The van der Waals surface area contributed by atoms with Gasteiger partial charge in [0.2, 0.25) is 11.8 Å². The summed E-state index contributed by atoms with van der Waals surface area (Å²) in [5.41, 5.74) is 1.56. The average Bonchev–Trinajstić information content (AvgIpc) is 3.26. The third kappa shape index (κ3) is 6.28. The van der Waals surface area contributed by atoms with E-state index in [4.69, 9.17) is 16.3 Å². The Morgan fingerprint density at radius 3 is 2.47 bits per heavy atom. The molecule has 2 aromatic rings. The Bertz CT molecular complexity index is 852. The number of nitrogens with one attached hydrogen (secondary N) is 1. The molecule has 160 valence electrons. The maximum absolute atomic E-state index is 13.3. The second-order valence-corrected chi connectivity index (χ2v) is 7.94. The summed E-state index contributed by atoms with van der Waals surface area (Å²) in [4.78, 5) is 27.4. The molecular weight excluding hydrogens is 407 g/mol. The Morgan fingerprint density at radius 1 is 1.17 bits per heavy atom. The molecule has 0 radical (unpaired) electrons. The van der Waals surface area contributed by atoms with Gasteiger partial charge < -0.3 is 15.0 Å². The van der Waals surface area contributed by atoms with Crippen molar-refractivity contribution in [2.24, 2.45) is 0 Å². The van der Waals surface area contributed by atoms with E-state index in [2.05, 4.69) is 5.32 Å². The highest BCUT2D eigenvalue weighted by Crippen LogP contribution is 2.16. The lowest BCUT2D eigenvalue weighted by Gasteiger charge is -2.29. The van der Waals surface area contributed by atoms with Crippen LogP contribution >= 0.6 is 11.6 Å². The van der Waals surface area contributed by atoms with Gasteiger partial charge >= 0.3 is 0 Å². The van der Waals surface area contributed by atoms with E-state index in [1.54, 1.807) is 43.3 Å². The molecule has 0 spiro atoms. The summed E-state index contributed by atoms with van der Waals surface area (Å²) in [5.74, 6) is -0.779. The summed E-state index contributed by atoms with van der Waals surface area (Å²) in [6.45, 7) is 3.06. The lowest BCUT2D eigenvalue weighted by Crippen LogP contribution is -2.49. The van der Waals surface area contributed by atoms with Gasteiger partial charge in [0.05, 0.1) is 12.5 Å². The number of ether oxygens (including phenoxy) is 1. The van der Waals surface area contributed by atoms with Gasteiger partial charge in [-0.25, -0.2) is 4.39 Å². The van der Waals surface area contributed by atoms with Crippen molar-refractivity contribution in [3.8, 4) is 0 Å². The molecule has 0 saturated carbocycles. The summed E-state index contributed by atoms with van der Waals surface area (Å²) >= 11 is 5.92. The van der Waals surface area contributed by atoms with E-state index in [9.17, 15) is 14.0 Å². The van der Waals surface area contributed by atoms with Gasteiger partial charge in [0.25, 0.3) is 0 Å². The third-order valence-electron chi connectivity index (χ3n) is 5.23. The molecule has 7 heteroatoms. The van der Waals surface area contributed by atoms with Gasteiger partial charge in [-0.15, -0.1) is 0 Å². The minimum atomic E-state index is -0.684. The highest BCUT2D eigenvalue weighted by molar-refractivity contribution is 6.30. The summed E-state index contributed by atoms with van der Waals surface area (Å²) in [6, 6.07) is 12.3. The highest BCUT2D eigenvalue weighted by Gasteiger charge is 2.27. The normalized spacial score (nSPS) is 16.8. The van der Waals surface area contributed by atoms with Gasteiger partial charge in [-0.3, -0.25) is 9.59 Å². The Kier molecular flexibility index (Phi) is 7.82. The topological polar surface area (TPSA) is 58.6 Å². The Hall–Kier alpha value is -2.44. The third-order valence-corrected chi connectivity index (χ3v) is 5.48. The first kappa shape index (κ1) is 22.2. The number of benzene rings is 2. The lowest BCUT2D eigenvalue weighted by molar-refractivity contribution is -0.140. The molecule has 30 heavy (non-hydrogen) atoms. The first-order valence-corrected chi connectivity index (χ1v) is 10.5. The van der Waals surface area contributed by atoms with Crippen molar-refractivity contribution in [3.63, 3.8) is 0 Å². The van der Waals surface area contributed by atoms with Crippen molar-refractivity contribution in [1.82, 2.24) is 10.2 Å². The molecule has 1 N–H and O–H groups in total. The standard InChI is InChI=1S/C23H26ClFN2O3/c1-16(23(29)26-14-21-3-2-12-30-21)27(15-18-6-10-20(25)11-7-18)22(28)13-17-4-8-19(24)9-5-17/h4-11,16,21H,2-3,12-15H2,1H3,(H,26,29)/t16-,21-/m1/s1. The largest absolute Gasteiger partial charge is 0.376 e. The molecule has 5 nitrogen and oxygen atoms in total. The first-order valence-electron chi connectivity index (χ1n) is 10.1. The quantitative estimate of drug-likeness (QED) is 0.691. The summed E-state index contributed by atoms with van der Waals surface area (Å²) in [5, 5.41) is 3.48. The maximum Gasteiger partial charge on any atom is 0.242 e. The SMILES string of the molecule is C[C@H](C(=O)NC[C@H]1CCCO1)N(Cc1ccc(F)cc1)C(=O)Cc1ccc(Cl)cc1. The van der Waals surface area contributed by atoms with Gasteiger partial charge in [-0.1, -0.05) is 35.9 Å². The Morgan fingerprint density at radius 2 is 1.83 bits per heavy atom. The monoisotopic (exact) mass is 432 g/mol. The predicted octanol–water partition coefficient (Wildman–Crippen LogP) is 3.73. The summed E-state index contributed by atoms with van der Waals surface area (Å²) in [6.07, 6.45) is 2.08. The number of carbonyl (C=O) groups excluding carboxylic acids is 2. The van der Waals surface area contributed by atoms with Crippen LogP contribution in [-0.4, -0.2) is 42.0 Å². The number of hydrogen-bond donors (Lipinski definition) is 1. The minimum absolute atomic E-state index is 0.0245. The second-order valence-electron chi connectivity index (χ2n) is 7.51. The van der Waals surface area contributed by atoms with E-state index >= 15 is 0 Å². The van der Waals surface area contributed by atoms with Crippen LogP contribution in [0, 0.1) is 5.82 Å². The van der Waals surface area contributed by atoms with Crippen LogP contribution in [-0.2, 0) is 27.3 Å². The van der Waals surface area contributed by atoms with Crippen molar-refractivity contribution in [1.29, 1.82) is 0 Å². The van der Waals surface area contributed by atoms with Gasteiger partial charge in [0, 0.05) is 24.7 Å². The van der Waals surface area contributed by atoms with E-state index in [1.165, 1.54) is 17.0 Å². The van der Waals surface area contributed by atoms with Gasteiger partial charge in [-0.2, -0.15) is 0 Å². The number of hydrogen-bond acceptors (Lipinski definition) is 3. The first-order chi connectivity index (χ1) is 14.4. The predicted molar refractivity (Wildman–Crippen MR) is 114 cm³/mol. The van der Waals surface area contributed by atoms with Crippen LogP contribution in [0.2, 0.25) is 5.02 Å². The fourth-order valence-corrected chi connectivity index (χ4v) is 3.54. The molecule has 0 unspecified atom stereocenters. The molecule has 1 aliphatic heterocycles. The molecule has 0 bridgehead atoms. The fraction of sp³-hybridized carbons (Fsp3) is 0.391. The van der Waals surface area contributed by atoms with Crippen LogP contribution < -0.4 is 5.32 Å². The van der Waals surface area contributed by atoms with E-state index in [1.807, 2.05) is 0 Å². The van der Waals surface area contributed by atoms with Gasteiger partial charge in [0.1, 0.15) is 11.9 Å². The molecule has 2 amide bonds. The van der Waals surface area contributed by atoms with Crippen molar-refractivity contribution in [3.05, 3.63) is 70.5 Å². The molecule has 3 rings (SSSR count). The number of amides is 2. The van der Waals surface area contributed by atoms with Crippen LogP contribution in [0.5, 0.6) is 0 Å². The van der Waals surface area contributed by atoms with Crippen molar-refractivity contribution >= 4 is 23.4 Å². The molecule has 1 saturated heterocycles. The molecule has 0 aromatic heterocycles. The van der Waals surface area contributed by atoms with Crippen LogP contribution in [0.4, 0.5) is 4.39 Å². The summed E-state index contributed by atoms with van der Waals surface area (Å²) in [7, 11) is 0. The number of rotatable bonds is 8. The van der Waals surface area contributed by atoms with Crippen LogP contribution in [0.3, 0.4) is 0 Å². The smallest absolute Gasteiger partial charge is 0.242 e. The zero-order chi connectivity index (χ0) is 21.5. The number of halogens is 2. The van der Waals surface area contributed by atoms with Crippen molar-refractivity contribution in [2.75, 3.05) is 13.2 Å². The molecule has 1 fully saturated rings. The van der Waals surface area contributed by atoms with Crippen LogP contribution in [0.15, 0.2) is 48.5 Å². The van der Waals surface area contributed by atoms with E-state index < -0.39 is 6.04 Å². The number of nitrogens with zero attached hydrogens (tertiary/aromatic N) is 1. The Labute approximate surface area is 181 Å². The van der Waals surface area contributed by atoms with E-state index in [-0.39, 0.29) is 36.7 Å². The fourth-order valence-electron chi connectivity index (χ4n) is 3.42. The molecule has 1 heterocycles. The molecule has 1 aliphatic rings. The van der Waals surface area contributed by atoms with Crippen LogP contribution in [0.1, 0.15) is 30.9 Å². The highest BCUT2D eigenvalue weighted by atomic mass is 35.5. The lowest BCUT2D eigenvalue weighted by atomic mass is 10.1. The molecule has 2 aromatic carbocycles. The number of carbonyl (C=O) groups is 2. The van der Waals surface area contributed by atoms with E-state index in [0.717, 1.165) is 24.0 Å². The second kappa shape index (κ2) is 10.5. The molecular formula is C23H26ClFN2O3. The zero-order valence-electron chi connectivity index (χ0n) is 16.9. The van der Waals surface area contributed by atoms with E-state index in [0.29, 0.717) is 18.2 Å². The van der Waals surface area contributed by atoms with Crippen molar-refractivity contribution in [2.45, 2.75) is 44.9 Å². The van der Waals surface area contributed by atoms with Gasteiger partial charge in [-0.05, 0) is 55.2 Å². The minimum Gasteiger partial charge on any atom is -0.376 e. The zero-order valence-corrected chi connectivity index (χ0v) is 17.7. The van der Waals surface area contributed by atoms with Crippen molar-refractivity contribution < 1.29 is 18.7 Å². The Balaban J connectivity index is 1.71. The van der Waals surface area contributed by atoms with Gasteiger partial charge in [0.15, 0.2) is 0 Å². The molecule has 0 aliphatic carbocycles. The molecule has 2 atom stereocenters. The summed E-state index contributed by atoms with van der Waals surface area (Å²) < 4.78 is 18.8.